The van der Waals surface area contributed by atoms with Crippen LogP contribution in [0.2, 0.25) is 0 Å². The summed E-state index contributed by atoms with van der Waals surface area (Å²) in [6.07, 6.45) is -0.0794. The smallest absolute Gasteiger partial charge is 0.204 e. The van der Waals surface area contributed by atoms with E-state index in [2.05, 4.69) is 0 Å². The number of ether oxygens (including phenoxy) is 3. The van der Waals surface area contributed by atoms with Crippen LogP contribution in [-0.2, 0) is 13.2 Å². The van der Waals surface area contributed by atoms with Gasteiger partial charge in [-0.05, 0) is 35.2 Å². The summed E-state index contributed by atoms with van der Waals surface area (Å²) in [7, 11) is 0. The molecule has 0 spiro atoms. The number of aryl methyl sites for hydroxylation is 1. The Kier molecular flexibility index (Phi) is 6.30. The molecule has 0 fully saturated rings. The number of Topliss-reactive ketones (excluding diaryl/α,β-unsaturated/α-hetero) is 1. The lowest BCUT2D eigenvalue weighted by Gasteiger charge is -2.29. The Morgan fingerprint density at radius 3 is 1.97 bits per heavy atom. The maximum Gasteiger partial charge on any atom is 0.204 e. The van der Waals surface area contributed by atoms with Crippen LogP contribution >= 0.6 is 0 Å². The van der Waals surface area contributed by atoms with E-state index >= 15 is 0 Å². The normalized spacial score (nSPS) is 14.7. The van der Waals surface area contributed by atoms with Gasteiger partial charge in [-0.2, -0.15) is 0 Å². The highest BCUT2D eigenvalue weighted by Crippen LogP contribution is 2.48. The second-order valence-corrected chi connectivity index (χ2v) is 8.42. The zero-order valence-electron chi connectivity index (χ0n) is 19.1. The van der Waals surface area contributed by atoms with Crippen molar-refractivity contribution in [2.45, 2.75) is 32.7 Å². The average molecular weight is 451 g/mol. The molecule has 1 unspecified atom stereocenters. The molecule has 0 saturated carbocycles. The molecule has 0 saturated heterocycles. The molecule has 1 atom stereocenters. The van der Waals surface area contributed by atoms with Gasteiger partial charge in [0.25, 0.3) is 0 Å². The van der Waals surface area contributed by atoms with Crippen molar-refractivity contribution in [3.8, 4) is 17.2 Å². The first-order valence-electron chi connectivity index (χ1n) is 11.4. The van der Waals surface area contributed by atoms with Gasteiger partial charge in [0, 0.05) is 0 Å². The van der Waals surface area contributed by atoms with Crippen molar-refractivity contribution in [1.82, 2.24) is 0 Å². The van der Waals surface area contributed by atoms with Gasteiger partial charge in [0.05, 0.1) is 12.0 Å². The molecule has 0 aliphatic carbocycles. The van der Waals surface area contributed by atoms with E-state index < -0.39 is 0 Å². The van der Waals surface area contributed by atoms with Gasteiger partial charge >= 0.3 is 0 Å². The standard InChI is InChI=1S/C30H26O4/c1-21-17-27(32-19-22-11-5-2-6-12-22)29(33-20-23-13-7-3-8-14-23)30-28(21)25(31)18-26(34-30)24-15-9-4-10-16-24/h2-17,26H,18-20H2,1H3. The van der Waals surface area contributed by atoms with Crippen LogP contribution in [0.25, 0.3) is 0 Å². The summed E-state index contributed by atoms with van der Waals surface area (Å²) in [5, 5.41) is 0. The molecule has 1 heterocycles. The summed E-state index contributed by atoms with van der Waals surface area (Å²) in [5.74, 6) is 1.54. The zero-order chi connectivity index (χ0) is 23.3. The molecule has 1 aliphatic rings. The molecule has 1 aliphatic heterocycles. The minimum atomic E-state index is -0.371. The van der Waals surface area contributed by atoms with Crippen molar-refractivity contribution >= 4 is 5.78 Å². The Bertz CT molecular complexity index is 1270. The molecule has 4 aromatic carbocycles. The molecule has 34 heavy (non-hydrogen) atoms. The van der Waals surface area contributed by atoms with Gasteiger partial charge < -0.3 is 14.2 Å². The Morgan fingerprint density at radius 1 is 0.794 bits per heavy atom. The number of carbonyl (C=O) groups excluding carboxylic acids is 1. The van der Waals surface area contributed by atoms with Crippen molar-refractivity contribution in [2.24, 2.45) is 0 Å². The predicted octanol–water partition coefficient (Wildman–Crippen LogP) is 6.86. The van der Waals surface area contributed by atoms with Crippen LogP contribution in [0, 0.1) is 6.92 Å². The highest BCUT2D eigenvalue weighted by molar-refractivity contribution is 6.02. The van der Waals surface area contributed by atoms with E-state index in [9.17, 15) is 4.79 Å². The molecule has 4 nitrogen and oxygen atoms in total. The first-order chi connectivity index (χ1) is 16.7. The number of rotatable bonds is 7. The number of carbonyl (C=O) groups is 1. The number of fused-ring (bicyclic) bond motifs is 1. The van der Waals surface area contributed by atoms with Gasteiger partial charge in [-0.25, -0.2) is 0 Å². The molecule has 0 radical (unpaired) electrons. The average Bonchev–Trinajstić information content (AvgIpc) is 2.88. The van der Waals surface area contributed by atoms with Gasteiger partial charge in [-0.3, -0.25) is 4.79 Å². The molecule has 0 N–H and O–H groups in total. The van der Waals surface area contributed by atoms with Crippen molar-refractivity contribution in [2.75, 3.05) is 0 Å². The fourth-order valence-electron chi connectivity index (χ4n) is 4.21. The molecular formula is C30H26O4. The lowest BCUT2D eigenvalue weighted by molar-refractivity contribution is 0.0835. The second kappa shape index (κ2) is 9.84. The maximum absolute atomic E-state index is 13.2. The SMILES string of the molecule is Cc1cc(OCc2ccccc2)c(OCc2ccccc2)c2c1C(=O)CC(c1ccccc1)O2. The van der Waals surface area contributed by atoms with E-state index in [-0.39, 0.29) is 11.9 Å². The fraction of sp³-hybridized carbons (Fsp3) is 0.167. The van der Waals surface area contributed by atoms with Crippen LogP contribution in [0.5, 0.6) is 17.2 Å². The van der Waals surface area contributed by atoms with E-state index in [4.69, 9.17) is 14.2 Å². The number of hydrogen-bond donors (Lipinski definition) is 0. The summed E-state index contributed by atoms with van der Waals surface area (Å²) in [6, 6.07) is 31.6. The van der Waals surface area contributed by atoms with E-state index in [1.165, 1.54) is 0 Å². The lowest BCUT2D eigenvalue weighted by atomic mass is 9.93. The molecule has 4 aromatic rings. The highest BCUT2D eigenvalue weighted by atomic mass is 16.5. The summed E-state index contributed by atoms with van der Waals surface area (Å²) in [6.45, 7) is 2.64. The molecule has 4 heteroatoms. The van der Waals surface area contributed by atoms with Crippen LogP contribution in [-0.4, -0.2) is 5.78 Å². The third kappa shape index (κ3) is 4.67. The summed E-state index contributed by atoms with van der Waals surface area (Å²) < 4.78 is 19.0. The second-order valence-electron chi connectivity index (χ2n) is 8.42. The zero-order valence-corrected chi connectivity index (χ0v) is 19.1. The topological polar surface area (TPSA) is 44.8 Å². The number of hydrogen-bond acceptors (Lipinski definition) is 4. The molecular weight excluding hydrogens is 424 g/mol. The minimum Gasteiger partial charge on any atom is -0.485 e. The summed E-state index contributed by atoms with van der Waals surface area (Å²) >= 11 is 0. The van der Waals surface area contributed by atoms with Crippen LogP contribution < -0.4 is 14.2 Å². The fourth-order valence-corrected chi connectivity index (χ4v) is 4.21. The van der Waals surface area contributed by atoms with Crippen LogP contribution in [0.1, 0.15) is 45.1 Å². The highest BCUT2D eigenvalue weighted by Gasteiger charge is 2.33. The molecule has 170 valence electrons. The van der Waals surface area contributed by atoms with E-state index in [0.29, 0.717) is 42.4 Å². The molecule has 0 bridgehead atoms. The Hall–Kier alpha value is -4.05. The van der Waals surface area contributed by atoms with Crippen LogP contribution in [0.3, 0.4) is 0 Å². The van der Waals surface area contributed by atoms with Crippen LogP contribution in [0.4, 0.5) is 0 Å². The van der Waals surface area contributed by atoms with Crippen molar-refractivity contribution in [3.05, 3.63) is 125 Å². The third-order valence-corrected chi connectivity index (χ3v) is 5.94. The molecule has 5 rings (SSSR count). The Labute approximate surface area is 199 Å². The monoisotopic (exact) mass is 450 g/mol. The van der Waals surface area contributed by atoms with Gasteiger partial charge in [0.2, 0.25) is 5.75 Å². The summed E-state index contributed by atoms with van der Waals surface area (Å²) in [4.78, 5) is 13.2. The number of ketones is 1. The van der Waals surface area contributed by atoms with Crippen molar-refractivity contribution < 1.29 is 19.0 Å². The van der Waals surface area contributed by atoms with Crippen molar-refractivity contribution in [1.29, 1.82) is 0 Å². The van der Waals surface area contributed by atoms with Gasteiger partial charge in [-0.15, -0.1) is 0 Å². The first kappa shape index (κ1) is 21.8. The minimum absolute atomic E-state index is 0.0479. The van der Waals surface area contributed by atoms with Gasteiger partial charge in [-0.1, -0.05) is 91.0 Å². The predicted molar refractivity (Wildman–Crippen MR) is 131 cm³/mol. The van der Waals surface area contributed by atoms with Gasteiger partial charge in [0.15, 0.2) is 17.3 Å². The van der Waals surface area contributed by atoms with Crippen LogP contribution in [0.15, 0.2) is 97.1 Å². The lowest BCUT2D eigenvalue weighted by Crippen LogP contribution is -2.22. The van der Waals surface area contributed by atoms with E-state index in [0.717, 1.165) is 22.3 Å². The van der Waals surface area contributed by atoms with E-state index in [1.54, 1.807) is 0 Å². The Balaban J connectivity index is 1.53. The van der Waals surface area contributed by atoms with Gasteiger partial charge in [0.1, 0.15) is 19.3 Å². The quantitative estimate of drug-likeness (QED) is 0.309. The Morgan fingerprint density at radius 2 is 1.35 bits per heavy atom. The summed E-state index contributed by atoms with van der Waals surface area (Å²) in [5.41, 5.74) is 4.42. The third-order valence-electron chi connectivity index (χ3n) is 5.94. The number of benzene rings is 4. The molecule has 0 aromatic heterocycles. The van der Waals surface area contributed by atoms with E-state index in [1.807, 2.05) is 104 Å². The molecule has 0 amide bonds. The maximum atomic E-state index is 13.2. The largest absolute Gasteiger partial charge is 0.485 e. The van der Waals surface area contributed by atoms with Crippen molar-refractivity contribution in [3.63, 3.8) is 0 Å². The first-order valence-corrected chi connectivity index (χ1v) is 11.4.